The van der Waals surface area contributed by atoms with Crippen molar-refractivity contribution in [2.24, 2.45) is 0 Å². The Hall–Kier alpha value is -2.65. The summed E-state index contributed by atoms with van der Waals surface area (Å²) >= 11 is 6.02. The first kappa shape index (κ1) is 16.2. The van der Waals surface area contributed by atoms with Gasteiger partial charge in [-0.05, 0) is 56.3 Å². The van der Waals surface area contributed by atoms with Gasteiger partial charge < -0.3 is 4.57 Å². The van der Waals surface area contributed by atoms with Crippen molar-refractivity contribution in [3.8, 4) is 5.69 Å². The first-order valence-corrected chi connectivity index (χ1v) is 8.04. The van der Waals surface area contributed by atoms with E-state index in [-0.39, 0.29) is 5.78 Å². The van der Waals surface area contributed by atoms with Crippen molar-refractivity contribution < 1.29 is 4.79 Å². The lowest BCUT2D eigenvalue weighted by Gasteiger charge is -2.12. The van der Waals surface area contributed by atoms with Crippen LogP contribution in [0.4, 0.5) is 0 Å². The molecule has 2 aromatic heterocycles. The maximum Gasteiger partial charge on any atom is 0.153 e. The molecule has 24 heavy (non-hydrogen) atoms. The lowest BCUT2D eigenvalue weighted by molar-refractivity contribution is -0.112. The number of hydrogen-bond donors (Lipinski definition) is 0. The van der Waals surface area contributed by atoms with Crippen LogP contribution < -0.4 is 0 Å². The first-order valence-electron chi connectivity index (χ1n) is 7.67. The number of ketones is 1. The van der Waals surface area contributed by atoms with Crippen molar-refractivity contribution in [2.75, 3.05) is 0 Å². The van der Waals surface area contributed by atoms with Gasteiger partial charge in [0.2, 0.25) is 0 Å². The second-order valence-corrected chi connectivity index (χ2v) is 5.92. The topological polar surface area (TPSA) is 34.9 Å². The molecule has 0 saturated heterocycles. The quantitative estimate of drug-likeness (QED) is 0.483. The predicted octanol–water partition coefficient (Wildman–Crippen LogP) is 5.23. The summed E-state index contributed by atoms with van der Waals surface area (Å²) in [6, 6.07) is 11.7. The summed E-state index contributed by atoms with van der Waals surface area (Å²) in [7, 11) is 0. The molecule has 0 unspecified atom stereocenters. The lowest BCUT2D eigenvalue weighted by Crippen LogP contribution is -2.00. The average Bonchev–Trinajstić information content (AvgIpc) is 2.94. The molecule has 0 aliphatic rings. The third-order valence-corrected chi connectivity index (χ3v) is 3.94. The van der Waals surface area contributed by atoms with Gasteiger partial charge in [0.05, 0.1) is 17.4 Å². The van der Waals surface area contributed by atoms with Crippen molar-refractivity contribution in [3.05, 3.63) is 77.7 Å². The molecule has 0 radical (unpaired) electrons. The largest absolute Gasteiger partial charge is 0.308 e. The Morgan fingerprint density at radius 3 is 2.62 bits per heavy atom. The minimum absolute atomic E-state index is 0.00846. The Morgan fingerprint density at radius 2 is 1.96 bits per heavy atom. The van der Waals surface area contributed by atoms with Crippen molar-refractivity contribution in [3.63, 3.8) is 0 Å². The van der Waals surface area contributed by atoms with Crippen LogP contribution in [0.3, 0.4) is 0 Å². The van der Waals surface area contributed by atoms with Crippen LogP contribution in [0.25, 0.3) is 22.2 Å². The molecule has 0 bridgehead atoms. The molecular weight excluding hydrogens is 320 g/mol. The highest BCUT2D eigenvalue weighted by Crippen LogP contribution is 2.29. The van der Waals surface area contributed by atoms with Crippen molar-refractivity contribution in [1.29, 1.82) is 0 Å². The Labute approximate surface area is 145 Å². The molecule has 0 aliphatic carbocycles. The van der Waals surface area contributed by atoms with Gasteiger partial charge in [-0.3, -0.25) is 9.78 Å². The van der Waals surface area contributed by atoms with E-state index in [4.69, 9.17) is 11.6 Å². The Kier molecular flexibility index (Phi) is 4.63. The Balaban J connectivity index is 2.33. The van der Waals surface area contributed by atoms with E-state index >= 15 is 0 Å². The molecule has 0 saturated carbocycles. The fourth-order valence-corrected chi connectivity index (χ4v) is 2.86. The molecule has 0 spiro atoms. The van der Waals surface area contributed by atoms with Crippen molar-refractivity contribution in [2.45, 2.75) is 13.8 Å². The van der Waals surface area contributed by atoms with Gasteiger partial charge in [-0.1, -0.05) is 23.8 Å². The third kappa shape index (κ3) is 3.17. The maximum atomic E-state index is 11.7. The zero-order valence-electron chi connectivity index (χ0n) is 13.5. The lowest BCUT2D eigenvalue weighted by atomic mass is 10.1. The van der Waals surface area contributed by atoms with E-state index < -0.39 is 0 Å². The maximum absolute atomic E-state index is 11.7. The van der Waals surface area contributed by atoms with Crippen LogP contribution in [0.5, 0.6) is 0 Å². The molecular formula is C20H17ClN2O. The fourth-order valence-electron chi connectivity index (χ4n) is 2.73. The number of benzene rings is 1. The van der Waals surface area contributed by atoms with Gasteiger partial charge in [0.25, 0.3) is 0 Å². The second-order valence-electron chi connectivity index (χ2n) is 5.49. The molecule has 0 aliphatic heterocycles. The number of carbonyl (C=O) groups excluding carboxylic acids is 1. The summed E-state index contributed by atoms with van der Waals surface area (Å²) in [5.74, 6) is 0.00846. The first-order chi connectivity index (χ1) is 11.6. The molecule has 3 nitrogen and oxygen atoms in total. The number of aromatic nitrogens is 2. The monoisotopic (exact) mass is 336 g/mol. The van der Waals surface area contributed by atoms with Crippen molar-refractivity contribution >= 4 is 33.9 Å². The van der Waals surface area contributed by atoms with E-state index in [9.17, 15) is 4.79 Å². The van der Waals surface area contributed by atoms with Crippen LogP contribution in [0.1, 0.15) is 19.5 Å². The number of carbonyl (C=O) groups is 1. The normalized spacial score (nSPS) is 12.2. The van der Waals surface area contributed by atoms with E-state index in [1.807, 2.05) is 55.6 Å². The summed E-state index contributed by atoms with van der Waals surface area (Å²) in [5.41, 5.74) is 3.75. The van der Waals surface area contributed by atoms with E-state index in [1.54, 1.807) is 19.2 Å². The van der Waals surface area contributed by atoms with Crippen LogP contribution in [0.2, 0.25) is 5.02 Å². The number of halogens is 1. The number of rotatable bonds is 4. The minimum atomic E-state index is 0.00846. The molecule has 3 aromatic rings. The van der Waals surface area contributed by atoms with Crippen LogP contribution in [0.15, 0.2) is 67.0 Å². The molecule has 2 heterocycles. The van der Waals surface area contributed by atoms with E-state index in [0.29, 0.717) is 5.02 Å². The average molecular weight is 337 g/mol. The smallest absolute Gasteiger partial charge is 0.153 e. The van der Waals surface area contributed by atoms with Gasteiger partial charge in [-0.15, -0.1) is 0 Å². The number of nitrogens with zero attached hydrogens (tertiary/aromatic N) is 2. The minimum Gasteiger partial charge on any atom is -0.308 e. The van der Waals surface area contributed by atoms with Crippen LogP contribution in [-0.2, 0) is 4.79 Å². The standard InChI is InChI=1S/C20H17ClN2O/c1-3-4-15(11-14(2)24)19-12-16-9-10-22-13-20(16)23(19)18-7-5-17(21)6-8-18/h3-13H,1-2H3/b4-3?,15-11+. The second kappa shape index (κ2) is 6.85. The summed E-state index contributed by atoms with van der Waals surface area (Å²) < 4.78 is 2.09. The van der Waals surface area contributed by atoms with E-state index in [2.05, 4.69) is 15.6 Å². The summed E-state index contributed by atoms with van der Waals surface area (Å²) in [6.07, 6.45) is 9.11. The van der Waals surface area contributed by atoms with E-state index in [0.717, 1.165) is 27.9 Å². The molecule has 4 heteroatoms. The fraction of sp³-hybridized carbons (Fsp3) is 0.100. The number of fused-ring (bicyclic) bond motifs is 1. The number of hydrogen-bond acceptors (Lipinski definition) is 2. The van der Waals surface area contributed by atoms with Gasteiger partial charge in [0, 0.05) is 27.9 Å². The molecule has 120 valence electrons. The zero-order valence-corrected chi connectivity index (χ0v) is 14.3. The van der Waals surface area contributed by atoms with Gasteiger partial charge in [-0.2, -0.15) is 0 Å². The van der Waals surface area contributed by atoms with Gasteiger partial charge in [0.1, 0.15) is 0 Å². The SMILES string of the molecule is CC=C/C(=C\C(C)=O)c1cc2ccncc2n1-c1ccc(Cl)cc1. The Bertz CT molecular complexity index is 949. The highest BCUT2D eigenvalue weighted by atomic mass is 35.5. The van der Waals surface area contributed by atoms with Crippen LogP contribution in [0, 0.1) is 0 Å². The highest BCUT2D eigenvalue weighted by Gasteiger charge is 2.13. The molecule has 3 rings (SSSR count). The molecule has 0 atom stereocenters. The predicted molar refractivity (Wildman–Crippen MR) is 99.6 cm³/mol. The van der Waals surface area contributed by atoms with E-state index in [1.165, 1.54) is 0 Å². The summed E-state index contributed by atoms with van der Waals surface area (Å²) in [5, 5.41) is 1.75. The Morgan fingerprint density at radius 1 is 1.21 bits per heavy atom. The highest BCUT2D eigenvalue weighted by molar-refractivity contribution is 6.30. The zero-order chi connectivity index (χ0) is 17.1. The van der Waals surface area contributed by atoms with Crippen LogP contribution >= 0.6 is 11.6 Å². The van der Waals surface area contributed by atoms with Crippen LogP contribution in [-0.4, -0.2) is 15.3 Å². The number of pyridine rings is 1. The third-order valence-electron chi connectivity index (χ3n) is 3.69. The molecule has 0 fully saturated rings. The summed E-state index contributed by atoms with van der Waals surface area (Å²) in [6.45, 7) is 3.49. The molecule has 1 aromatic carbocycles. The van der Waals surface area contributed by atoms with Gasteiger partial charge in [0.15, 0.2) is 5.78 Å². The molecule has 0 amide bonds. The van der Waals surface area contributed by atoms with Crippen molar-refractivity contribution in [1.82, 2.24) is 9.55 Å². The van der Waals surface area contributed by atoms with Gasteiger partial charge in [-0.25, -0.2) is 0 Å². The number of allylic oxidation sites excluding steroid dienone is 4. The van der Waals surface area contributed by atoms with Gasteiger partial charge >= 0.3 is 0 Å². The summed E-state index contributed by atoms with van der Waals surface area (Å²) in [4.78, 5) is 15.9. The molecule has 0 N–H and O–H groups in total.